The molecule has 0 saturated heterocycles. The number of hydrogen-bond acceptors (Lipinski definition) is 5. The average Bonchev–Trinajstić information content (AvgIpc) is 2.95. The van der Waals surface area contributed by atoms with Crippen molar-refractivity contribution in [2.75, 3.05) is 0 Å². The lowest BCUT2D eigenvalue weighted by Gasteiger charge is -2.17. The Morgan fingerprint density at radius 1 is 0.436 bits per heavy atom. The minimum Gasteiger partial charge on any atom is -0.455 e. The van der Waals surface area contributed by atoms with Gasteiger partial charge in [-0.15, -0.1) is 12.6 Å². The standard InChI is InChI=1S/C34H30O4S/c1-24(35-29-9-5-3-6-10-29)37-31-18-13-26(14-19-31)28-17-22-34(39)33(23-28)27-15-20-32(21-16-27)38-25(2)36-30-11-7-4-8-12-30/h3-25,39H,1-2H3. The van der Waals surface area contributed by atoms with Crippen LogP contribution in [-0.2, 0) is 0 Å². The van der Waals surface area contributed by atoms with Gasteiger partial charge in [-0.2, -0.15) is 0 Å². The van der Waals surface area contributed by atoms with Gasteiger partial charge in [-0.25, -0.2) is 0 Å². The van der Waals surface area contributed by atoms with Gasteiger partial charge in [0.2, 0.25) is 12.6 Å². The first-order valence-electron chi connectivity index (χ1n) is 12.8. The number of thiol groups is 1. The van der Waals surface area contributed by atoms with Crippen LogP contribution in [0.1, 0.15) is 13.8 Å². The zero-order valence-electron chi connectivity index (χ0n) is 21.9. The van der Waals surface area contributed by atoms with Crippen molar-refractivity contribution < 1.29 is 18.9 Å². The van der Waals surface area contributed by atoms with E-state index in [-0.39, 0.29) is 0 Å². The van der Waals surface area contributed by atoms with E-state index in [0.717, 1.165) is 50.1 Å². The maximum absolute atomic E-state index is 5.94. The first-order valence-corrected chi connectivity index (χ1v) is 13.3. The largest absolute Gasteiger partial charge is 0.455 e. The minimum atomic E-state index is -0.415. The van der Waals surface area contributed by atoms with Crippen LogP contribution >= 0.6 is 12.6 Å². The molecule has 5 heteroatoms. The van der Waals surface area contributed by atoms with Gasteiger partial charge in [0.25, 0.3) is 0 Å². The third-order valence-corrected chi connectivity index (χ3v) is 6.43. The van der Waals surface area contributed by atoms with Gasteiger partial charge in [0, 0.05) is 18.7 Å². The Kier molecular flexibility index (Phi) is 8.39. The van der Waals surface area contributed by atoms with E-state index in [1.54, 1.807) is 0 Å². The summed E-state index contributed by atoms with van der Waals surface area (Å²) in [6, 6.07) is 41.5. The zero-order valence-corrected chi connectivity index (χ0v) is 22.8. The summed E-state index contributed by atoms with van der Waals surface area (Å²) < 4.78 is 23.5. The molecule has 0 bridgehead atoms. The van der Waals surface area contributed by atoms with Gasteiger partial charge < -0.3 is 18.9 Å². The van der Waals surface area contributed by atoms with Gasteiger partial charge in [0.15, 0.2) is 0 Å². The topological polar surface area (TPSA) is 36.9 Å². The molecule has 5 rings (SSSR count). The molecule has 5 aromatic rings. The molecule has 196 valence electrons. The third-order valence-electron chi connectivity index (χ3n) is 6.04. The van der Waals surface area contributed by atoms with Crippen molar-refractivity contribution in [3.63, 3.8) is 0 Å². The van der Waals surface area contributed by atoms with E-state index in [1.807, 2.05) is 129 Å². The molecule has 0 aliphatic rings. The molecule has 0 aromatic heterocycles. The van der Waals surface area contributed by atoms with Crippen LogP contribution in [0.15, 0.2) is 132 Å². The molecule has 0 N–H and O–H groups in total. The van der Waals surface area contributed by atoms with E-state index in [4.69, 9.17) is 31.6 Å². The number of benzene rings is 5. The van der Waals surface area contributed by atoms with E-state index < -0.39 is 12.6 Å². The minimum absolute atomic E-state index is 0.409. The molecule has 2 atom stereocenters. The fourth-order valence-electron chi connectivity index (χ4n) is 4.20. The first-order chi connectivity index (χ1) is 19.0. The van der Waals surface area contributed by atoms with Crippen LogP contribution in [0.2, 0.25) is 0 Å². The normalized spacial score (nSPS) is 12.3. The summed E-state index contributed by atoms with van der Waals surface area (Å²) >= 11 is 4.72. The number of rotatable bonds is 10. The van der Waals surface area contributed by atoms with Gasteiger partial charge in [-0.05, 0) is 82.9 Å². The lowest BCUT2D eigenvalue weighted by atomic mass is 9.99. The average molecular weight is 535 g/mol. The highest BCUT2D eigenvalue weighted by molar-refractivity contribution is 7.80. The highest BCUT2D eigenvalue weighted by Crippen LogP contribution is 2.33. The van der Waals surface area contributed by atoms with Crippen LogP contribution in [0, 0.1) is 0 Å². The molecule has 0 saturated carbocycles. The van der Waals surface area contributed by atoms with Gasteiger partial charge >= 0.3 is 0 Å². The maximum Gasteiger partial charge on any atom is 0.238 e. The second-order valence-corrected chi connectivity index (χ2v) is 9.50. The Morgan fingerprint density at radius 2 is 0.821 bits per heavy atom. The molecule has 0 radical (unpaired) electrons. The molecule has 0 heterocycles. The Balaban J connectivity index is 1.24. The van der Waals surface area contributed by atoms with Crippen molar-refractivity contribution >= 4 is 12.6 Å². The molecule has 5 aromatic carbocycles. The molecule has 0 aliphatic carbocycles. The van der Waals surface area contributed by atoms with Crippen molar-refractivity contribution in [3.8, 4) is 45.3 Å². The molecule has 0 amide bonds. The highest BCUT2D eigenvalue weighted by Gasteiger charge is 2.10. The van der Waals surface area contributed by atoms with E-state index >= 15 is 0 Å². The molecular weight excluding hydrogens is 504 g/mol. The Bertz CT molecular complexity index is 1470. The van der Waals surface area contributed by atoms with Crippen LogP contribution in [0.4, 0.5) is 0 Å². The summed E-state index contributed by atoms with van der Waals surface area (Å²) in [4.78, 5) is 0.903. The quantitative estimate of drug-likeness (QED) is 0.143. The summed E-state index contributed by atoms with van der Waals surface area (Å²) in [6.45, 7) is 3.76. The summed E-state index contributed by atoms with van der Waals surface area (Å²) in [6.07, 6.45) is -0.824. The van der Waals surface area contributed by atoms with Gasteiger partial charge in [-0.1, -0.05) is 66.7 Å². The van der Waals surface area contributed by atoms with Crippen LogP contribution < -0.4 is 18.9 Å². The number of ether oxygens (including phenoxy) is 4. The summed E-state index contributed by atoms with van der Waals surface area (Å²) in [5.41, 5.74) is 4.27. The molecule has 0 aliphatic heterocycles. The molecule has 0 spiro atoms. The monoisotopic (exact) mass is 534 g/mol. The lowest BCUT2D eigenvalue weighted by molar-refractivity contribution is 0.0219. The Morgan fingerprint density at radius 3 is 1.28 bits per heavy atom. The Hall–Kier alpha value is -4.35. The number of hydrogen-bond donors (Lipinski definition) is 1. The third kappa shape index (κ3) is 7.15. The van der Waals surface area contributed by atoms with E-state index in [2.05, 4.69) is 12.1 Å². The summed E-state index contributed by atoms with van der Waals surface area (Å²) in [7, 11) is 0. The molecule has 0 fully saturated rings. The van der Waals surface area contributed by atoms with E-state index in [9.17, 15) is 0 Å². The van der Waals surface area contributed by atoms with E-state index in [0.29, 0.717) is 0 Å². The van der Waals surface area contributed by atoms with Crippen molar-refractivity contribution in [2.45, 2.75) is 31.3 Å². The van der Waals surface area contributed by atoms with Gasteiger partial charge in [0.05, 0.1) is 0 Å². The maximum atomic E-state index is 5.94. The molecule has 4 nitrogen and oxygen atoms in total. The highest BCUT2D eigenvalue weighted by atomic mass is 32.1. The van der Waals surface area contributed by atoms with Crippen molar-refractivity contribution in [2.24, 2.45) is 0 Å². The zero-order chi connectivity index (χ0) is 27.0. The van der Waals surface area contributed by atoms with Crippen molar-refractivity contribution in [1.82, 2.24) is 0 Å². The van der Waals surface area contributed by atoms with Crippen molar-refractivity contribution in [3.05, 3.63) is 127 Å². The van der Waals surface area contributed by atoms with Gasteiger partial charge in [-0.3, -0.25) is 0 Å². The van der Waals surface area contributed by atoms with Crippen LogP contribution in [0.3, 0.4) is 0 Å². The second kappa shape index (κ2) is 12.5. The fourth-order valence-corrected chi connectivity index (χ4v) is 4.47. The predicted octanol–water partition coefficient (Wildman–Crippen LogP) is 8.92. The molecule has 2 unspecified atom stereocenters. The second-order valence-electron chi connectivity index (χ2n) is 9.01. The van der Waals surface area contributed by atoms with Crippen LogP contribution in [-0.4, -0.2) is 12.6 Å². The SMILES string of the molecule is CC(Oc1ccccc1)Oc1ccc(-c2ccc(S)c(-c3ccc(OC(C)Oc4ccccc4)cc3)c2)cc1. The summed E-state index contributed by atoms with van der Waals surface area (Å²) in [5, 5.41) is 0. The van der Waals surface area contributed by atoms with E-state index in [1.165, 1.54) is 0 Å². The Labute approximate surface area is 235 Å². The predicted molar refractivity (Wildman–Crippen MR) is 159 cm³/mol. The first kappa shape index (κ1) is 26.3. The number of para-hydroxylation sites is 2. The van der Waals surface area contributed by atoms with Crippen molar-refractivity contribution in [1.29, 1.82) is 0 Å². The summed E-state index contributed by atoms with van der Waals surface area (Å²) in [5.74, 6) is 3.03. The van der Waals surface area contributed by atoms with Crippen LogP contribution in [0.25, 0.3) is 22.3 Å². The van der Waals surface area contributed by atoms with Gasteiger partial charge in [0.1, 0.15) is 23.0 Å². The van der Waals surface area contributed by atoms with Crippen LogP contribution in [0.5, 0.6) is 23.0 Å². The molecule has 39 heavy (non-hydrogen) atoms. The lowest BCUT2D eigenvalue weighted by Crippen LogP contribution is -2.19. The fraction of sp³-hybridized carbons (Fsp3) is 0.118. The smallest absolute Gasteiger partial charge is 0.238 e. The molecular formula is C34H30O4S.